The Bertz CT molecular complexity index is 525. The highest BCUT2D eigenvalue weighted by Crippen LogP contribution is 2.28. The van der Waals surface area contributed by atoms with Gasteiger partial charge in [0.05, 0.1) is 11.4 Å². The zero-order chi connectivity index (χ0) is 13.4. The summed E-state index contributed by atoms with van der Waals surface area (Å²) in [5, 5.41) is -0.815. The summed E-state index contributed by atoms with van der Waals surface area (Å²) in [7, 11) is -3.79. The highest BCUT2D eigenvalue weighted by atomic mass is 32.2. The second-order valence-corrected chi connectivity index (χ2v) is 6.01. The van der Waals surface area contributed by atoms with Crippen molar-refractivity contribution in [3.05, 3.63) is 12.0 Å². The molecule has 0 atom stereocenters. The molecule has 0 saturated heterocycles. The van der Waals surface area contributed by atoms with E-state index in [1.807, 2.05) is 0 Å². The maximum absolute atomic E-state index is 12.2. The van der Waals surface area contributed by atoms with Crippen molar-refractivity contribution < 1.29 is 21.6 Å². The fourth-order valence-corrected chi connectivity index (χ4v) is 2.04. The topological polar surface area (TPSA) is 85.9 Å². The molecule has 17 heavy (non-hydrogen) atoms. The van der Waals surface area contributed by atoms with Crippen LogP contribution in [0.25, 0.3) is 0 Å². The van der Waals surface area contributed by atoms with Crippen LogP contribution in [0, 0.1) is 0 Å². The minimum Gasteiger partial charge on any atom is -0.382 e. The van der Waals surface area contributed by atoms with E-state index in [9.17, 15) is 21.6 Å². The van der Waals surface area contributed by atoms with Crippen molar-refractivity contribution >= 4 is 15.7 Å². The quantitative estimate of drug-likeness (QED) is 0.873. The van der Waals surface area contributed by atoms with Gasteiger partial charge < -0.3 is 5.73 Å². The molecule has 0 unspecified atom stereocenters. The van der Waals surface area contributed by atoms with Crippen LogP contribution in [0.5, 0.6) is 0 Å². The molecule has 0 bridgehead atoms. The summed E-state index contributed by atoms with van der Waals surface area (Å²) in [6.45, 7) is 2.76. The molecule has 0 aromatic carbocycles. The molecule has 9 heteroatoms. The van der Waals surface area contributed by atoms with Gasteiger partial charge in [-0.2, -0.15) is 13.2 Å². The van der Waals surface area contributed by atoms with Gasteiger partial charge in [0.25, 0.3) is 0 Å². The molecule has 0 saturated carbocycles. The molecule has 1 heterocycles. The number of rotatable bonds is 2. The van der Waals surface area contributed by atoms with Crippen LogP contribution < -0.4 is 5.73 Å². The van der Waals surface area contributed by atoms with Gasteiger partial charge in [0, 0.05) is 0 Å². The van der Waals surface area contributed by atoms with Crippen molar-refractivity contribution in [3.8, 4) is 0 Å². The number of anilines is 1. The molecule has 0 spiro atoms. The number of hydrogen-bond acceptors (Lipinski definition) is 5. The fraction of sp³-hybridized carbons (Fsp3) is 0.500. The molecule has 2 N–H and O–H groups in total. The monoisotopic (exact) mass is 269 g/mol. The van der Waals surface area contributed by atoms with Crippen molar-refractivity contribution in [2.75, 3.05) is 5.73 Å². The lowest BCUT2D eigenvalue weighted by atomic mass is 10.5. The Kier molecular flexibility index (Phi) is 3.33. The zero-order valence-electron chi connectivity index (χ0n) is 8.99. The van der Waals surface area contributed by atoms with E-state index in [0.717, 1.165) is 0 Å². The lowest BCUT2D eigenvalue weighted by Crippen LogP contribution is -2.19. The molecule has 1 aromatic rings. The molecule has 1 aromatic heterocycles. The molecule has 0 radical (unpaired) electrons. The average Bonchev–Trinajstić information content (AvgIpc) is 2.15. The predicted molar refractivity (Wildman–Crippen MR) is 53.8 cm³/mol. The smallest absolute Gasteiger partial charge is 0.382 e. The van der Waals surface area contributed by atoms with Crippen LogP contribution in [0.2, 0.25) is 0 Å². The molecule has 0 aliphatic rings. The van der Waals surface area contributed by atoms with E-state index in [4.69, 9.17) is 5.73 Å². The third kappa shape index (κ3) is 2.65. The Morgan fingerprint density at radius 3 is 2.24 bits per heavy atom. The minimum absolute atomic E-state index is 0.486. The van der Waals surface area contributed by atoms with Crippen molar-refractivity contribution in [1.82, 2.24) is 9.97 Å². The van der Waals surface area contributed by atoms with Gasteiger partial charge in [0.15, 0.2) is 9.84 Å². The van der Waals surface area contributed by atoms with E-state index < -0.39 is 37.8 Å². The minimum atomic E-state index is -4.76. The summed E-state index contributed by atoms with van der Waals surface area (Å²) in [5.74, 6) is -2.15. The second-order valence-electron chi connectivity index (χ2n) is 3.53. The Morgan fingerprint density at radius 1 is 1.35 bits per heavy atom. The Hall–Kier alpha value is -1.38. The van der Waals surface area contributed by atoms with Crippen LogP contribution in [-0.4, -0.2) is 23.6 Å². The molecule has 0 fully saturated rings. The standard InChI is InChI=1S/C8H10F3N3O2S/c1-4(2)17(15,16)5-3-13-7(8(9,10)11)14-6(5)12/h3-4H,1-2H3,(H2,12,13,14). The lowest BCUT2D eigenvalue weighted by Gasteiger charge is -2.11. The highest BCUT2D eigenvalue weighted by Gasteiger charge is 2.36. The molecule has 0 amide bonds. The first-order chi connectivity index (χ1) is 7.56. The van der Waals surface area contributed by atoms with Gasteiger partial charge >= 0.3 is 6.18 Å². The van der Waals surface area contributed by atoms with Crippen LogP contribution in [0.1, 0.15) is 19.7 Å². The van der Waals surface area contributed by atoms with Gasteiger partial charge in [-0.3, -0.25) is 0 Å². The number of alkyl halides is 3. The average molecular weight is 269 g/mol. The van der Waals surface area contributed by atoms with Crippen molar-refractivity contribution in [1.29, 1.82) is 0 Å². The van der Waals surface area contributed by atoms with Gasteiger partial charge in [-0.1, -0.05) is 0 Å². The Morgan fingerprint density at radius 2 is 1.88 bits per heavy atom. The van der Waals surface area contributed by atoms with E-state index in [-0.39, 0.29) is 0 Å². The lowest BCUT2D eigenvalue weighted by molar-refractivity contribution is -0.144. The number of sulfone groups is 1. The molecule has 0 aliphatic carbocycles. The number of nitrogens with zero attached hydrogens (tertiary/aromatic N) is 2. The first-order valence-electron chi connectivity index (χ1n) is 4.50. The van der Waals surface area contributed by atoms with E-state index in [1.165, 1.54) is 13.8 Å². The maximum Gasteiger partial charge on any atom is 0.451 e. The maximum atomic E-state index is 12.2. The van der Waals surface area contributed by atoms with Crippen LogP contribution in [-0.2, 0) is 16.0 Å². The zero-order valence-corrected chi connectivity index (χ0v) is 9.80. The number of halogens is 3. The van der Waals surface area contributed by atoms with Gasteiger partial charge in [0.1, 0.15) is 10.7 Å². The van der Waals surface area contributed by atoms with Gasteiger partial charge in [0.2, 0.25) is 5.82 Å². The van der Waals surface area contributed by atoms with Crippen LogP contribution in [0.15, 0.2) is 11.1 Å². The Labute approximate surface area is 95.8 Å². The van der Waals surface area contributed by atoms with Crippen LogP contribution in [0.3, 0.4) is 0 Å². The summed E-state index contributed by atoms with van der Waals surface area (Å²) in [5.41, 5.74) is 5.21. The van der Waals surface area contributed by atoms with Crippen molar-refractivity contribution in [2.24, 2.45) is 0 Å². The first-order valence-corrected chi connectivity index (χ1v) is 6.05. The summed E-state index contributed by atoms with van der Waals surface area (Å²) >= 11 is 0. The van der Waals surface area contributed by atoms with E-state index in [0.29, 0.717) is 6.20 Å². The molecular formula is C8H10F3N3O2S. The van der Waals surface area contributed by atoms with Crippen molar-refractivity contribution in [2.45, 2.75) is 30.2 Å². The van der Waals surface area contributed by atoms with Crippen LogP contribution >= 0.6 is 0 Å². The first kappa shape index (κ1) is 13.7. The van der Waals surface area contributed by atoms with E-state index >= 15 is 0 Å². The summed E-state index contributed by atoms with van der Waals surface area (Å²) < 4.78 is 60.0. The fourth-order valence-electron chi connectivity index (χ4n) is 0.994. The molecule has 1 rings (SSSR count). The predicted octanol–water partition coefficient (Wildman–Crippen LogP) is 1.26. The normalized spacial score (nSPS) is 13.1. The molecule has 0 aliphatic heterocycles. The van der Waals surface area contributed by atoms with Gasteiger partial charge in [-0.05, 0) is 13.8 Å². The summed E-state index contributed by atoms with van der Waals surface area (Å²) in [6, 6.07) is 0. The second kappa shape index (κ2) is 4.13. The summed E-state index contributed by atoms with van der Waals surface area (Å²) in [4.78, 5) is 5.43. The highest BCUT2D eigenvalue weighted by molar-refractivity contribution is 7.92. The van der Waals surface area contributed by atoms with Crippen molar-refractivity contribution in [3.63, 3.8) is 0 Å². The Balaban J connectivity index is 3.34. The van der Waals surface area contributed by atoms with Crippen LogP contribution in [0.4, 0.5) is 19.0 Å². The largest absolute Gasteiger partial charge is 0.451 e. The molecular weight excluding hydrogens is 259 g/mol. The molecule has 5 nitrogen and oxygen atoms in total. The number of aromatic nitrogens is 2. The summed E-state index contributed by atoms with van der Waals surface area (Å²) in [6.07, 6.45) is -4.17. The number of nitrogen functional groups attached to an aromatic ring is 1. The number of nitrogens with two attached hydrogens (primary N) is 1. The third-order valence-corrected chi connectivity index (χ3v) is 4.13. The SMILES string of the molecule is CC(C)S(=O)(=O)c1cnc(C(F)(F)F)nc1N. The number of hydrogen-bond donors (Lipinski definition) is 1. The molecule has 96 valence electrons. The van der Waals surface area contributed by atoms with E-state index in [1.54, 1.807) is 0 Å². The van der Waals surface area contributed by atoms with Gasteiger partial charge in [-0.15, -0.1) is 0 Å². The van der Waals surface area contributed by atoms with E-state index in [2.05, 4.69) is 9.97 Å². The van der Waals surface area contributed by atoms with Gasteiger partial charge in [-0.25, -0.2) is 18.4 Å². The third-order valence-electron chi connectivity index (χ3n) is 1.96.